The summed E-state index contributed by atoms with van der Waals surface area (Å²) in [7, 11) is 0. The van der Waals surface area contributed by atoms with Crippen LogP contribution in [0.1, 0.15) is 39.6 Å². The van der Waals surface area contributed by atoms with Gasteiger partial charge in [-0.3, -0.25) is 4.79 Å². The highest BCUT2D eigenvalue weighted by Crippen LogP contribution is 2.25. The molecule has 21 heavy (non-hydrogen) atoms. The summed E-state index contributed by atoms with van der Waals surface area (Å²) in [6, 6.07) is 7.82. The molecule has 108 valence electrons. The molecule has 1 unspecified atom stereocenters. The number of nitrogens with zero attached hydrogens (tertiary/aromatic N) is 3. The second-order valence-corrected chi connectivity index (χ2v) is 5.72. The van der Waals surface area contributed by atoms with Crippen molar-refractivity contribution in [1.82, 2.24) is 14.9 Å². The van der Waals surface area contributed by atoms with E-state index >= 15 is 0 Å². The summed E-state index contributed by atoms with van der Waals surface area (Å²) in [4.78, 5) is 23.1. The Labute approximate surface area is 124 Å². The van der Waals surface area contributed by atoms with Gasteiger partial charge in [-0.2, -0.15) is 0 Å². The molecule has 3 rings (SSSR count). The molecule has 4 heteroatoms. The van der Waals surface area contributed by atoms with E-state index in [-0.39, 0.29) is 11.8 Å². The predicted molar refractivity (Wildman–Crippen MR) is 81.2 cm³/mol. The molecule has 1 aliphatic rings. The monoisotopic (exact) mass is 281 g/mol. The van der Waals surface area contributed by atoms with Crippen LogP contribution in [-0.4, -0.2) is 33.9 Å². The second-order valence-electron chi connectivity index (χ2n) is 5.72. The molecule has 4 nitrogen and oxygen atoms in total. The first-order chi connectivity index (χ1) is 10.1. The quantitative estimate of drug-likeness (QED) is 0.850. The van der Waals surface area contributed by atoms with Gasteiger partial charge in [0.25, 0.3) is 5.91 Å². The minimum Gasteiger partial charge on any atom is -0.338 e. The van der Waals surface area contributed by atoms with Gasteiger partial charge in [0, 0.05) is 37.0 Å². The summed E-state index contributed by atoms with van der Waals surface area (Å²) in [6.45, 7) is 5.52. The minimum atomic E-state index is 0.111. The van der Waals surface area contributed by atoms with Crippen LogP contribution >= 0.6 is 0 Å². The maximum atomic E-state index is 12.6. The van der Waals surface area contributed by atoms with Crippen LogP contribution in [0.15, 0.2) is 36.7 Å². The van der Waals surface area contributed by atoms with Gasteiger partial charge in [-0.25, -0.2) is 9.97 Å². The average molecular weight is 281 g/mol. The Morgan fingerprint density at radius 3 is 2.48 bits per heavy atom. The highest BCUT2D eigenvalue weighted by molar-refractivity contribution is 5.94. The van der Waals surface area contributed by atoms with Gasteiger partial charge in [0.1, 0.15) is 5.82 Å². The molecule has 0 bridgehead atoms. The number of hydrogen-bond donors (Lipinski definition) is 0. The van der Waals surface area contributed by atoms with Crippen LogP contribution in [-0.2, 0) is 0 Å². The zero-order valence-corrected chi connectivity index (χ0v) is 12.4. The first kappa shape index (κ1) is 13.7. The zero-order valence-electron chi connectivity index (χ0n) is 12.4. The van der Waals surface area contributed by atoms with E-state index in [2.05, 4.69) is 16.0 Å². The van der Waals surface area contributed by atoms with Gasteiger partial charge in [0.2, 0.25) is 0 Å². The van der Waals surface area contributed by atoms with E-state index in [1.165, 1.54) is 0 Å². The molecule has 0 radical (unpaired) electrons. The standard InChI is InChI=1S/C17H19N3O/c1-12-8-13(2)10-15(9-12)17(21)20-7-4-14(11-20)16-18-5-3-6-19-16/h3,5-6,8-10,14H,4,7,11H2,1-2H3. The van der Waals surface area contributed by atoms with Gasteiger partial charge in [-0.1, -0.05) is 17.2 Å². The molecule has 1 amide bonds. The van der Waals surface area contributed by atoms with E-state index < -0.39 is 0 Å². The number of carbonyl (C=O) groups excluding carboxylic acids is 1. The van der Waals surface area contributed by atoms with E-state index in [1.807, 2.05) is 36.9 Å². The van der Waals surface area contributed by atoms with Crippen molar-refractivity contribution >= 4 is 5.91 Å². The fourth-order valence-corrected chi connectivity index (χ4v) is 2.96. The van der Waals surface area contributed by atoms with Crippen molar-refractivity contribution in [2.24, 2.45) is 0 Å². The van der Waals surface area contributed by atoms with Crippen LogP contribution in [0, 0.1) is 13.8 Å². The maximum absolute atomic E-state index is 12.6. The van der Waals surface area contributed by atoms with Crippen molar-refractivity contribution < 1.29 is 4.79 Å². The number of amides is 1. The highest BCUT2D eigenvalue weighted by Gasteiger charge is 2.29. The molecule has 1 aromatic carbocycles. The van der Waals surface area contributed by atoms with Gasteiger partial charge in [-0.15, -0.1) is 0 Å². The Hall–Kier alpha value is -2.23. The summed E-state index contributed by atoms with van der Waals surface area (Å²) < 4.78 is 0. The van der Waals surface area contributed by atoms with E-state index in [1.54, 1.807) is 12.4 Å². The van der Waals surface area contributed by atoms with Crippen LogP contribution in [0.5, 0.6) is 0 Å². The van der Waals surface area contributed by atoms with E-state index in [4.69, 9.17) is 0 Å². The molecule has 0 N–H and O–H groups in total. The molecule has 2 heterocycles. The van der Waals surface area contributed by atoms with Crippen molar-refractivity contribution in [1.29, 1.82) is 0 Å². The second kappa shape index (κ2) is 5.64. The first-order valence-electron chi connectivity index (χ1n) is 7.28. The Bertz CT molecular complexity index is 634. The molecule has 2 aromatic rings. The van der Waals surface area contributed by atoms with E-state index in [0.29, 0.717) is 6.54 Å². The van der Waals surface area contributed by atoms with Crippen molar-refractivity contribution in [3.8, 4) is 0 Å². The summed E-state index contributed by atoms with van der Waals surface area (Å²) in [5.41, 5.74) is 3.03. The number of aryl methyl sites for hydroxylation is 2. The number of likely N-dealkylation sites (tertiary alicyclic amines) is 1. The smallest absolute Gasteiger partial charge is 0.253 e. The van der Waals surface area contributed by atoms with Crippen LogP contribution in [0.4, 0.5) is 0 Å². The number of carbonyl (C=O) groups is 1. The maximum Gasteiger partial charge on any atom is 0.253 e. The van der Waals surface area contributed by atoms with Crippen LogP contribution < -0.4 is 0 Å². The number of hydrogen-bond acceptors (Lipinski definition) is 3. The molecule has 0 aliphatic carbocycles. The Balaban J connectivity index is 1.75. The van der Waals surface area contributed by atoms with Crippen LogP contribution in [0.2, 0.25) is 0 Å². The molecule has 1 saturated heterocycles. The lowest BCUT2D eigenvalue weighted by Gasteiger charge is -2.17. The number of aromatic nitrogens is 2. The Morgan fingerprint density at radius 1 is 1.14 bits per heavy atom. The molecule has 1 fully saturated rings. The number of benzene rings is 1. The summed E-state index contributed by atoms with van der Waals surface area (Å²) in [5, 5.41) is 0. The molecule has 0 spiro atoms. The zero-order chi connectivity index (χ0) is 14.8. The van der Waals surface area contributed by atoms with Gasteiger partial charge in [0.05, 0.1) is 0 Å². The molecule has 0 saturated carbocycles. The summed E-state index contributed by atoms with van der Waals surface area (Å²) in [6.07, 6.45) is 4.45. The first-order valence-corrected chi connectivity index (χ1v) is 7.28. The van der Waals surface area contributed by atoms with Gasteiger partial charge in [0.15, 0.2) is 0 Å². The highest BCUT2D eigenvalue weighted by atomic mass is 16.2. The molecular formula is C17H19N3O. The largest absolute Gasteiger partial charge is 0.338 e. The van der Waals surface area contributed by atoms with E-state index in [0.717, 1.165) is 35.5 Å². The topological polar surface area (TPSA) is 46.1 Å². The average Bonchev–Trinajstić information content (AvgIpc) is 2.96. The summed E-state index contributed by atoms with van der Waals surface area (Å²) >= 11 is 0. The third-order valence-electron chi connectivity index (χ3n) is 3.89. The van der Waals surface area contributed by atoms with Crippen molar-refractivity contribution in [3.63, 3.8) is 0 Å². The van der Waals surface area contributed by atoms with Gasteiger partial charge < -0.3 is 4.90 Å². The third kappa shape index (κ3) is 2.94. The van der Waals surface area contributed by atoms with Gasteiger partial charge in [-0.05, 0) is 38.5 Å². The lowest BCUT2D eigenvalue weighted by atomic mass is 10.1. The predicted octanol–water partition coefficient (Wildman–Crippen LogP) is 2.72. The normalized spacial score (nSPS) is 18.0. The Morgan fingerprint density at radius 2 is 1.81 bits per heavy atom. The fourth-order valence-electron chi connectivity index (χ4n) is 2.96. The Kier molecular flexibility index (Phi) is 3.69. The minimum absolute atomic E-state index is 0.111. The third-order valence-corrected chi connectivity index (χ3v) is 3.89. The molecular weight excluding hydrogens is 262 g/mol. The number of rotatable bonds is 2. The van der Waals surface area contributed by atoms with Crippen LogP contribution in [0.25, 0.3) is 0 Å². The van der Waals surface area contributed by atoms with Crippen molar-refractivity contribution in [2.45, 2.75) is 26.2 Å². The van der Waals surface area contributed by atoms with Crippen LogP contribution in [0.3, 0.4) is 0 Å². The lowest BCUT2D eigenvalue weighted by molar-refractivity contribution is 0.0790. The van der Waals surface area contributed by atoms with E-state index in [9.17, 15) is 4.79 Å². The van der Waals surface area contributed by atoms with Crippen molar-refractivity contribution in [2.75, 3.05) is 13.1 Å². The SMILES string of the molecule is Cc1cc(C)cc(C(=O)N2CCC(c3ncccn3)C2)c1. The molecule has 1 aliphatic heterocycles. The lowest BCUT2D eigenvalue weighted by Crippen LogP contribution is -2.28. The molecule has 1 aromatic heterocycles. The van der Waals surface area contributed by atoms with Crippen molar-refractivity contribution in [3.05, 3.63) is 59.2 Å². The fraction of sp³-hybridized carbons (Fsp3) is 0.353. The summed E-state index contributed by atoms with van der Waals surface area (Å²) in [5.74, 6) is 1.20. The van der Waals surface area contributed by atoms with Gasteiger partial charge >= 0.3 is 0 Å². The molecule has 1 atom stereocenters.